The van der Waals surface area contributed by atoms with Crippen LogP contribution < -0.4 is 21.3 Å². The van der Waals surface area contributed by atoms with Crippen LogP contribution in [0.3, 0.4) is 0 Å². The van der Waals surface area contributed by atoms with Gasteiger partial charge in [0.2, 0.25) is 10.0 Å². The van der Waals surface area contributed by atoms with Crippen molar-refractivity contribution in [2.45, 2.75) is 30.2 Å². The lowest BCUT2D eigenvalue weighted by Gasteiger charge is -2.10. The average Bonchev–Trinajstić information content (AvgIpc) is 2.81. The Balaban J connectivity index is 2.01. The maximum Gasteiger partial charge on any atom is 0.325 e. The summed E-state index contributed by atoms with van der Waals surface area (Å²) < 4.78 is 26.1. The molecule has 8 nitrogen and oxygen atoms in total. The third kappa shape index (κ3) is 3.52. The zero-order valence-electron chi connectivity index (χ0n) is 10.2. The Labute approximate surface area is 109 Å². The van der Waals surface area contributed by atoms with Crippen LogP contribution in [0.1, 0.15) is 19.3 Å². The molecule has 0 spiro atoms. The summed E-state index contributed by atoms with van der Waals surface area (Å²) in [5.41, 5.74) is -1.66. The van der Waals surface area contributed by atoms with Gasteiger partial charge in [-0.1, -0.05) is 0 Å². The molecule has 4 N–H and O–H groups in total. The standard InChI is InChI=1S/C10H16N4O4S/c15-9-8(6-12-10(16)14-9)19(17,18)13-5-3-7-2-1-4-11-7/h6-7,11,13H,1-5H2,(H2,12,14,15,16)/t7-/m1/s1. The lowest BCUT2D eigenvalue weighted by molar-refractivity contribution is 0.538. The summed E-state index contributed by atoms with van der Waals surface area (Å²) in [6.45, 7) is 1.20. The Kier molecular flexibility index (Phi) is 4.17. The van der Waals surface area contributed by atoms with Crippen LogP contribution in [0.25, 0.3) is 0 Å². The van der Waals surface area contributed by atoms with Gasteiger partial charge < -0.3 is 10.3 Å². The molecule has 2 rings (SSSR count). The molecule has 1 atom stereocenters. The highest BCUT2D eigenvalue weighted by Crippen LogP contribution is 2.08. The van der Waals surface area contributed by atoms with Crippen LogP contribution in [-0.2, 0) is 10.0 Å². The number of H-pyrrole nitrogens is 2. The van der Waals surface area contributed by atoms with Crippen LogP contribution in [0, 0.1) is 0 Å². The Hall–Kier alpha value is -1.45. The second kappa shape index (κ2) is 5.68. The van der Waals surface area contributed by atoms with Crippen molar-refractivity contribution in [3.05, 3.63) is 27.0 Å². The average molecular weight is 288 g/mol. The lowest BCUT2D eigenvalue weighted by Crippen LogP contribution is -2.35. The van der Waals surface area contributed by atoms with Crippen LogP contribution in [0.2, 0.25) is 0 Å². The van der Waals surface area contributed by atoms with Crippen molar-refractivity contribution < 1.29 is 8.42 Å². The molecule has 0 aromatic carbocycles. The summed E-state index contributed by atoms with van der Waals surface area (Å²) in [4.78, 5) is 25.8. The molecule has 19 heavy (non-hydrogen) atoms. The van der Waals surface area contributed by atoms with Gasteiger partial charge in [-0.05, 0) is 25.8 Å². The molecule has 1 fully saturated rings. The first kappa shape index (κ1) is 14.0. The molecule has 1 aliphatic heterocycles. The summed E-state index contributed by atoms with van der Waals surface area (Å²) in [6.07, 6.45) is 3.69. The number of hydrogen-bond donors (Lipinski definition) is 4. The summed E-state index contributed by atoms with van der Waals surface area (Å²) in [6, 6.07) is 0.316. The van der Waals surface area contributed by atoms with Gasteiger partial charge in [0.15, 0.2) is 4.90 Å². The van der Waals surface area contributed by atoms with Crippen LogP contribution in [0.15, 0.2) is 20.7 Å². The topological polar surface area (TPSA) is 124 Å². The Morgan fingerprint density at radius 2 is 2.16 bits per heavy atom. The first-order valence-electron chi connectivity index (χ1n) is 6.04. The lowest BCUT2D eigenvalue weighted by atomic mass is 10.2. The predicted molar refractivity (Wildman–Crippen MR) is 68.5 cm³/mol. The van der Waals surface area contributed by atoms with Crippen LogP contribution in [-0.4, -0.2) is 37.5 Å². The molecule has 1 aliphatic rings. The normalized spacial score (nSPS) is 19.7. The number of sulfonamides is 1. The maximum absolute atomic E-state index is 11.9. The number of nitrogens with one attached hydrogen (secondary N) is 4. The van der Waals surface area contributed by atoms with Gasteiger partial charge >= 0.3 is 5.69 Å². The van der Waals surface area contributed by atoms with Gasteiger partial charge in [-0.2, -0.15) is 0 Å². The van der Waals surface area contributed by atoms with Crippen molar-refractivity contribution in [1.29, 1.82) is 0 Å². The molecule has 106 valence electrons. The van der Waals surface area contributed by atoms with E-state index in [1.807, 2.05) is 4.98 Å². The molecular weight excluding hydrogens is 272 g/mol. The molecule has 0 saturated carbocycles. The van der Waals surface area contributed by atoms with Crippen LogP contribution in [0.5, 0.6) is 0 Å². The summed E-state index contributed by atoms with van der Waals surface area (Å²) in [5.74, 6) is 0. The van der Waals surface area contributed by atoms with E-state index in [4.69, 9.17) is 0 Å². The molecule has 0 bridgehead atoms. The molecule has 1 aromatic heterocycles. The summed E-state index contributed by atoms with van der Waals surface area (Å²) >= 11 is 0. The van der Waals surface area contributed by atoms with Crippen molar-refractivity contribution in [1.82, 2.24) is 20.0 Å². The Morgan fingerprint density at radius 3 is 2.79 bits per heavy atom. The van der Waals surface area contributed by atoms with E-state index in [0.29, 0.717) is 12.5 Å². The molecule has 9 heteroatoms. The van der Waals surface area contributed by atoms with Gasteiger partial charge in [-0.15, -0.1) is 0 Å². The first-order valence-corrected chi connectivity index (χ1v) is 7.52. The van der Waals surface area contributed by atoms with Gasteiger partial charge in [0.05, 0.1) is 0 Å². The molecule has 2 heterocycles. The largest absolute Gasteiger partial charge is 0.325 e. The molecule has 1 aromatic rings. The van der Waals surface area contributed by atoms with Crippen LogP contribution >= 0.6 is 0 Å². The van der Waals surface area contributed by atoms with Crippen molar-refractivity contribution >= 4 is 10.0 Å². The highest BCUT2D eigenvalue weighted by Gasteiger charge is 2.20. The van der Waals surface area contributed by atoms with E-state index in [0.717, 1.165) is 25.6 Å². The molecule has 0 aliphatic carbocycles. The van der Waals surface area contributed by atoms with E-state index < -0.39 is 26.2 Å². The molecular formula is C10H16N4O4S. The van der Waals surface area contributed by atoms with Crippen molar-refractivity contribution in [3.8, 4) is 0 Å². The van der Waals surface area contributed by atoms with Crippen molar-refractivity contribution in [3.63, 3.8) is 0 Å². The van der Waals surface area contributed by atoms with Gasteiger partial charge in [0, 0.05) is 18.8 Å². The highest BCUT2D eigenvalue weighted by molar-refractivity contribution is 7.89. The zero-order chi connectivity index (χ0) is 13.9. The number of hydrogen-bond acceptors (Lipinski definition) is 5. The van der Waals surface area contributed by atoms with Gasteiger partial charge in [-0.25, -0.2) is 17.9 Å². The zero-order valence-corrected chi connectivity index (χ0v) is 11.0. The smallest absolute Gasteiger partial charge is 0.314 e. The fraction of sp³-hybridized carbons (Fsp3) is 0.600. The minimum atomic E-state index is -3.89. The number of aromatic amines is 2. The van der Waals surface area contributed by atoms with Gasteiger partial charge in [0.1, 0.15) is 0 Å². The molecule has 0 radical (unpaired) electrons. The minimum Gasteiger partial charge on any atom is -0.314 e. The second-order valence-electron chi connectivity index (χ2n) is 4.42. The van der Waals surface area contributed by atoms with E-state index in [1.54, 1.807) is 0 Å². The van der Waals surface area contributed by atoms with E-state index >= 15 is 0 Å². The monoisotopic (exact) mass is 288 g/mol. The van der Waals surface area contributed by atoms with Crippen molar-refractivity contribution in [2.24, 2.45) is 0 Å². The summed E-state index contributed by atoms with van der Waals surface area (Å²) in [5, 5.41) is 3.25. The predicted octanol–water partition coefficient (Wildman–Crippen LogP) is -1.52. The van der Waals surface area contributed by atoms with Gasteiger partial charge in [-0.3, -0.25) is 9.78 Å². The second-order valence-corrected chi connectivity index (χ2v) is 6.15. The quantitative estimate of drug-likeness (QED) is 0.524. The number of aromatic nitrogens is 2. The third-order valence-electron chi connectivity index (χ3n) is 3.02. The summed E-state index contributed by atoms with van der Waals surface area (Å²) in [7, 11) is -3.89. The first-order chi connectivity index (χ1) is 8.99. The Bertz CT molecular complexity index is 642. The third-order valence-corrected chi connectivity index (χ3v) is 4.49. The fourth-order valence-corrected chi connectivity index (χ4v) is 3.10. The SMILES string of the molecule is O=c1[nH]cc(S(=O)(=O)NCC[C@H]2CCCN2)c(=O)[nH]1. The van der Waals surface area contributed by atoms with Crippen LogP contribution in [0.4, 0.5) is 0 Å². The molecule has 0 unspecified atom stereocenters. The highest BCUT2D eigenvalue weighted by atomic mass is 32.2. The van der Waals surface area contributed by atoms with E-state index in [1.165, 1.54) is 0 Å². The fourth-order valence-electron chi connectivity index (χ4n) is 2.05. The van der Waals surface area contributed by atoms with E-state index in [-0.39, 0.29) is 6.54 Å². The number of rotatable bonds is 5. The minimum absolute atomic E-state index is 0.249. The molecule has 1 saturated heterocycles. The van der Waals surface area contributed by atoms with E-state index in [9.17, 15) is 18.0 Å². The van der Waals surface area contributed by atoms with E-state index in [2.05, 4.69) is 15.0 Å². The van der Waals surface area contributed by atoms with Gasteiger partial charge in [0.25, 0.3) is 5.56 Å². The molecule has 0 amide bonds. The Morgan fingerprint density at radius 1 is 1.37 bits per heavy atom. The van der Waals surface area contributed by atoms with Crippen molar-refractivity contribution in [2.75, 3.05) is 13.1 Å². The maximum atomic E-state index is 11.9.